The molecule has 2 unspecified atom stereocenters. The van der Waals surface area contributed by atoms with E-state index in [2.05, 4.69) is 24.0 Å². The Kier molecular flexibility index (Phi) is 3.60. The molecule has 4 rings (SSSR count). The number of hydrogen-bond acceptors (Lipinski definition) is 4. The number of thioether (sulfide) groups is 1. The van der Waals surface area contributed by atoms with Gasteiger partial charge in [-0.2, -0.15) is 11.8 Å². The summed E-state index contributed by atoms with van der Waals surface area (Å²) >= 11 is 4.17. The molecule has 1 saturated heterocycles. The van der Waals surface area contributed by atoms with Crippen molar-refractivity contribution in [3.8, 4) is 0 Å². The monoisotopic (exact) mass is 308 g/mol. The maximum atomic E-state index is 5.12. The molecular weight excluding hydrogens is 284 g/mol. The number of aryl methyl sites for hydroxylation is 2. The van der Waals surface area contributed by atoms with Gasteiger partial charge in [-0.25, -0.2) is 4.98 Å². The highest BCUT2D eigenvalue weighted by Gasteiger charge is 2.46. The molecule has 0 aromatic carbocycles. The van der Waals surface area contributed by atoms with E-state index in [4.69, 9.17) is 4.98 Å². The lowest BCUT2D eigenvalue weighted by molar-refractivity contribution is 0.290. The van der Waals surface area contributed by atoms with Gasteiger partial charge in [-0.1, -0.05) is 6.92 Å². The summed E-state index contributed by atoms with van der Waals surface area (Å²) in [6.07, 6.45) is 10.5. The maximum absolute atomic E-state index is 5.12. The first-order valence-electron chi connectivity index (χ1n) is 8.16. The average Bonchev–Trinajstić information content (AvgIpc) is 3.16. The Morgan fingerprint density at radius 3 is 2.80 bits per heavy atom. The van der Waals surface area contributed by atoms with Crippen LogP contribution in [-0.2, 0) is 18.4 Å². The number of fused-ring (bicyclic) bond motifs is 1. The summed E-state index contributed by atoms with van der Waals surface area (Å²) in [5.41, 5.74) is 1.60. The van der Waals surface area contributed by atoms with Crippen LogP contribution in [0.3, 0.4) is 0 Å². The van der Waals surface area contributed by atoms with Crippen LogP contribution in [0, 0.1) is 0 Å². The van der Waals surface area contributed by atoms with Gasteiger partial charge in [0.05, 0.1) is 11.2 Å². The highest BCUT2D eigenvalue weighted by atomic mass is 32.2. The summed E-state index contributed by atoms with van der Waals surface area (Å²) in [6, 6.07) is 0.761. The molecule has 1 saturated carbocycles. The van der Waals surface area contributed by atoms with Crippen molar-refractivity contribution < 1.29 is 0 Å². The quantitative estimate of drug-likeness (QED) is 0.917. The molecule has 0 spiro atoms. The number of nitrogens with one attached hydrogen (secondary N) is 1. The molecule has 1 aliphatic heterocycles. The van der Waals surface area contributed by atoms with E-state index >= 15 is 0 Å². The third kappa shape index (κ3) is 2.34. The fourth-order valence-corrected chi connectivity index (χ4v) is 6.37. The van der Waals surface area contributed by atoms with Crippen molar-refractivity contribution >= 4 is 23.1 Å². The largest absolute Gasteiger partial charge is 0.302 e. The summed E-state index contributed by atoms with van der Waals surface area (Å²) in [5.74, 6) is 1.32. The van der Waals surface area contributed by atoms with Gasteiger partial charge < -0.3 is 5.32 Å². The molecule has 2 atom stereocenters. The summed E-state index contributed by atoms with van der Waals surface area (Å²) in [5, 5.41) is 6.08. The second-order valence-corrected chi connectivity index (χ2v) is 9.13. The van der Waals surface area contributed by atoms with Crippen LogP contribution in [0.4, 0.5) is 0 Å². The van der Waals surface area contributed by atoms with E-state index in [1.807, 2.05) is 11.3 Å². The van der Waals surface area contributed by atoms with E-state index in [0.29, 0.717) is 5.25 Å². The normalized spacial score (nSPS) is 34.0. The Labute approximate surface area is 130 Å². The molecule has 1 aromatic heterocycles. The van der Waals surface area contributed by atoms with Gasteiger partial charge in [-0.05, 0) is 57.1 Å². The molecule has 3 aliphatic rings. The van der Waals surface area contributed by atoms with Crippen LogP contribution in [0.15, 0.2) is 0 Å². The zero-order valence-corrected chi connectivity index (χ0v) is 13.9. The summed E-state index contributed by atoms with van der Waals surface area (Å²) in [6.45, 7) is 2.42. The van der Waals surface area contributed by atoms with Crippen LogP contribution in [0.25, 0.3) is 0 Å². The Morgan fingerprint density at radius 1 is 1.20 bits per heavy atom. The minimum Gasteiger partial charge on any atom is -0.302 e. The van der Waals surface area contributed by atoms with Crippen molar-refractivity contribution in [2.24, 2.45) is 0 Å². The maximum Gasteiger partial charge on any atom is 0.114 e. The van der Waals surface area contributed by atoms with E-state index in [1.165, 1.54) is 67.8 Å². The zero-order chi connectivity index (χ0) is 13.6. The molecule has 110 valence electrons. The van der Waals surface area contributed by atoms with E-state index in [1.54, 1.807) is 4.88 Å². The topological polar surface area (TPSA) is 24.9 Å². The van der Waals surface area contributed by atoms with Gasteiger partial charge in [0.25, 0.3) is 0 Å². The molecule has 2 heterocycles. The molecule has 2 aliphatic carbocycles. The Balaban J connectivity index is 1.70. The third-order valence-corrected chi connectivity index (χ3v) is 7.81. The molecule has 0 bridgehead atoms. The van der Waals surface area contributed by atoms with Crippen LogP contribution in [0.2, 0.25) is 0 Å². The fourth-order valence-electron chi connectivity index (χ4n) is 3.62. The second-order valence-electron chi connectivity index (χ2n) is 6.60. The van der Waals surface area contributed by atoms with Crippen molar-refractivity contribution in [1.29, 1.82) is 0 Å². The van der Waals surface area contributed by atoms with Gasteiger partial charge in [0.2, 0.25) is 0 Å². The van der Waals surface area contributed by atoms with Crippen LogP contribution in [0.1, 0.15) is 61.0 Å². The van der Waals surface area contributed by atoms with Crippen LogP contribution >= 0.6 is 23.1 Å². The first-order chi connectivity index (χ1) is 9.78. The average molecular weight is 309 g/mol. The van der Waals surface area contributed by atoms with E-state index in [9.17, 15) is 0 Å². The number of rotatable bonds is 3. The second kappa shape index (κ2) is 5.29. The minimum atomic E-state index is 0.173. The SMILES string of the molecule is CC1SCCCC1(NC1CC1)c1nc2c(s1)CCCC2. The van der Waals surface area contributed by atoms with Gasteiger partial charge in [-0.15, -0.1) is 11.3 Å². The van der Waals surface area contributed by atoms with Crippen molar-refractivity contribution in [2.75, 3.05) is 5.75 Å². The summed E-state index contributed by atoms with van der Waals surface area (Å²) in [4.78, 5) is 6.71. The Hall–Kier alpha value is -0.0600. The van der Waals surface area contributed by atoms with Crippen LogP contribution < -0.4 is 5.32 Å². The predicted octanol–water partition coefficient (Wildman–Crippen LogP) is 3.88. The molecule has 1 aromatic rings. The predicted molar refractivity (Wildman–Crippen MR) is 87.7 cm³/mol. The van der Waals surface area contributed by atoms with Gasteiger partial charge >= 0.3 is 0 Å². The molecule has 2 fully saturated rings. The Bertz CT molecular complexity index is 471. The number of aromatic nitrogens is 1. The highest BCUT2D eigenvalue weighted by Crippen LogP contribution is 2.46. The number of nitrogens with zero attached hydrogens (tertiary/aromatic N) is 1. The summed E-state index contributed by atoms with van der Waals surface area (Å²) in [7, 11) is 0. The van der Waals surface area contributed by atoms with Crippen molar-refractivity contribution in [1.82, 2.24) is 10.3 Å². The first kappa shape index (κ1) is 13.6. The van der Waals surface area contributed by atoms with Crippen molar-refractivity contribution in [3.63, 3.8) is 0 Å². The molecule has 2 nitrogen and oxygen atoms in total. The van der Waals surface area contributed by atoms with Crippen LogP contribution in [-0.4, -0.2) is 22.0 Å². The van der Waals surface area contributed by atoms with E-state index in [-0.39, 0.29) is 5.54 Å². The standard InChI is InChI=1S/C16H24N2S2/c1-11-16(9-4-10-19-11,18-12-7-8-12)15-17-13-5-2-3-6-14(13)20-15/h11-12,18H,2-10H2,1H3. The van der Waals surface area contributed by atoms with Crippen molar-refractivity contribution in [2.45, 2.75) is 75.1 Å². The molecule has 0 amide bonds. The third-order valence-electron chi connectivity index (χ3n) is 5.04. The molecule has 20 heavy (non-hydrogen) atoms. The van der Waals surface area contributed by atoms with Gasteiger partial charge in [-0.3, -0.25) is 0 Å². The molecule has 1 N–H and O–H groups in total. The lowest BCUT2D eigenvalue weighted by Gasteiger charge is -2.42. The summed E-state index contributed by atoms with van der Waals surface area (Å²) < 4.78 is 0. The number of hydrogen-bond donors (Lipinski definition) is 1. The lowest BCUT2D eigenvalue weighted by Crippen LogP contribution is -2.52. The molecular formula is C16H24N2S2. The van der Waals surface area contributed by atoms with E-state index < -0.39 is 0 Å². The Morgan fingerprint density at radius 2 is 2.05 bits per heavy atom. The minimum absolute atomic E-state index is 0.173. The molecule has 0 radical (unpaired) electrons. The first-order valence-corrected chi connectivity index (χ1v) is 10.0. The van der Waals surface area contributed by atoms with Crippen molar-refractivity contribution in [3.05, 3.63) is 15.6 Å². The van der Waals surface area contributed by atoms with Gasteiger partial charge in [0.1, 0.15) is 5.01 Å². The van der Waals surface area contributed by atoms with Gasteiger partial charge in [0.15, 0.2) is 0 Å². The molecule has 4 heteroatoms. The smallest absolute Gasteiger partial charge is 0.114 e. The zero-order valence-electron chi connectivity index (χ0n) is 12.3. The van der Waals surface area contributed by atoms with Gasteiger partial charge in [0, 0.05) is 16.2 Å². The lowest BCUT2D eigenvalue weighted by atomic mass is 9.89. The number of thiazole rings is 1. The van der Waals surface area contributed by atoms with Crippen LogP contribution in [0.5, 0.6) is 0 Å². The highest BCUT2D eigenvalue weighted by molar-refractivity contribution is 8.00. The fraction of sp³-hybridized carbons (Fsp3) is 0.812. The van der Waals surface area contributed by atoms with E-state index in [0.717, 1.165) is 6.04 Å².